The third kappa shape index (κ3) is 3.10. The maximum absolute atomic E-state index is 12.4. The quantitative estimate of drug-likeness (QED) is 0.912. The summed E-state index contributed by atoms with van der Waals surface area (Å²) in [6.07, 6.45) is 7.61. The van der Waals surface area contributed by atoms with Crippen molar-refractivity contribution in [3.63, 3.8) is 0 Å². The Kier molecular flexibility index (Phi) is 4.10. The van der Waals surface area contributed by atoms with Gasteiger partial charge in [0.15, 0.2) is 0 Å². The van der Waals surface area contributed by atoms with Crippen molar-refractivity contribution >= 4 is 23.2 Å². The highest BCUT2D eigenvalue weighted by atomic mass is 35.5. The number of nitrogens with one attached hydrogen (secondary N) is 1. The van der Waals surface area contributed by atoms with Gasteiger partial charge in [0.1, 0.15) is 5.65 Å². The second-order valence-corrected chi connectivity index (χ2v) is 6.80. The van der Waals surface area contributed by atoms with E-state index in [0.717, 1.165) is 37.0 Å². The molecule has 0 aromatic carbocycles. The van der Waals surface area contributed by atoms with Crippen molar-refractivity contribution in [1.29, 1.82) is 0 Å². The summed E-state index contributed by atoms with van der Waals surface area (Å²) in [6.45, 7) is 2.38. The third-order valence-electron chi connectivity index (χ3n) is 4.48. The minimum atomic E-state index is -0.408. The van der Waals surface area contributed by atoms with Gasteiger partial charge in [-0.15, -0.1) is 0 Å². The smallest absolute Gasteiger partial charge is 0.225 e. The first-order valence-corrected chi connectivity index (χ1v) is 8.03. The molecule has 0 radical (unpaired) electrons. The lowest BCUT2D eigenvalue weighted by molar-refractivity contribution is -0.128. The molecule has 5 nitrogen and oxygen atoms in total. The molecular weight excluding hydrogens is 300 g/mol. The van der Waals surface area contributed by atoms with E-state index in [1.54, 1.807) is 12.3 Å². The van der Waals surface area contributed by atoms with Crippen LogP contribution in [0.25, 0.3) is 5.65 Å². The molecule has 118 valence electrons. The van der Waals surface area contributed by atoms with Gasteiger partial charge in [-0.3, -0.25) is 4.79 Å². The zero-order valence-electron chi connectivity index (χ0n) is 12.7. The number of hydrogen-bond acceptors (Lipinski definition) is 3. The lowest BCUT2D eigenvalue weighted by Gasteiger charge is -2.37. The van der Waals surface area contributed by atoms with Gasteiger partial charge in [0.2, 0.25) is 5.91 Å². The fraction of sp³-hybridized carbons (Fsp3) is 0.500. The molecular formula is C16H21ClN4O. The number of hydrogen-bond donors (Lipinski definition) is 2. The van der Waals surface area contributed by atoms with Gasteiger partial charge in [-0.2, -0.15) is 0 Å². The number of nitrogens with two attached hydrogens (primary N) is 1. The van der Waals surface area contributed by atoms with Gasteiger partial charge in [0.25, 0.3) is 0 Å². The Bertz CT molecular complexity index is 695. The predicted octanol–water partition coefficient (Wildman–Crippen LogP) is 2.51. The van der Waals surface area contributed by atoms with Crippen molar-refractivity contribution in [2.75, 3.05) is 0 Å². The highest BCUT2D eigenvalue weighted by molar-refractivity contribution is 6.30. The first kappa shape index (κ1) is 15.3. The summed E-state index contributed by atoms with van der Waals surface area (Å²) in [6, 6.07) is 3.65. The SMILES string of the molecule is CC1(N)CCCCC1C(=O)NCc1cn2cc(Cl)ccc2n1. The maximum Gasteiger partial charge on any atom is 0.225 e. The van der Waals surface area contributed by atoms with E-state index in [-0.39, 0.29) is 11.8 Å². The van der Waals surface area contributed by atoms with Crippen molar-refractivity contribution in [3.8, 4) is 0 Å². The van der Waals surface area contributed by atoms with E-state index < -0.39 is 5.54 Å². The summed E-state index contributed by atoms with van der Waals surface area (Å²) in [5.41, 5.74) is 7.49. The molecule has 3 rings (SSSR count). The van der Waals surface area contributed by atoms with Gasteiger partial charge in [0.05, 0.1) is 23.2 Å². The molecule has 2 aromatic heterocycles. The predicted molar refractivity (Wildman–Crippen MR) is 86.6 cm³/mol. The standard InChI is InChI=1S/C16H21ClN4O/c1-16(18)7-3-2-4-13(16)15(22)19-8-12-10-21-9-11(17)5-6-14(21)20-12/h5-6,9-10,13H,2-4,7-8,18H2,1H3,(H,19,22). The maximum atomic E-state index is 12.4. The van der Waals surface area contributed by atoms with Crippen LogP contribution in [-0.4, -0.2) is 20.8 Å². The third-order valence-corrected chi connectivity index (χ3v) is 4.70. The zero-order chi connectivity index (χ0) is 15.7. The second-order valence-electron chi connectivity index (χ2n) is 6.37. The Morgan fingerprint density at radius 2 is 2.32 bits per heavy atom. The number of fused-ring (bicyclic) bond motifs is 1. The molecule has 1 fully saturated rings. The molecule has 1 aliphatic rings. The average molecular weight is 321 g/mol. The second kappa shape index (κ2) is 5.89. The van der Waals surface area contributed by atoms with E-state index >= 15 is 0 Å². The van der Waals surface area contributed by atoms with E-state index in [0.29, 0.717) is 11.6 Å². The molecule has 1 aliphatic carbocycles. The number of amides is 1. The van der Waals surface area contributed by atoms with E-state index in [4.69, 9.17) is 17.3 Å². The highest BCUT2D eigenvalue weighted by Gasteiger charge is 2.37. The van der Waals surface area contributed by atoms with Crippen LogP contribution in [0.15, 0.2) is 24.5 Å². The molecule has 0 spiro atoms. The lowest BCUT2D eigenvalue weighted by Crippen LogP contribution is -2.52. The van der Waals surface area contributed by atoms with Gasteiger partial charge in [0, 0.05) is 17.9 Å². The van der Waals surface area contributed by atoms with Crippen LogP contribution in [0.4, 0.5) is 0 Å². The van der Waals surface area contributed by atoms with E-state index in [1.807, 2.05) is 23.6 Å². The Morgan fingerprint density at radius 1 is 1.50 bits per heavy atom. The van der Waals surface area contributed by atoms with Gasteiger partial charge in [-0.05, 0) is 31.9 Å². The number of nitrogens with zero attached hydrogens (tertiary/aromatic N) is 2. The number of aromatic nitrogens is 2. The summed E-state index contributed by atoms with van der Waals surface area (Å²) in [5.74, 6) is -0.0903. The molecule has 22 heavy (non-hydrogen) atoms. The fourth-order valence-corrected chi connectivity index (χ4v) is 3.36. The minimum absolute atomic E-state index is 0.0276. The van der Waals surface area contributed by atoms with Crippen LogP contribution in [0.1, 0.15) is 38.3 Å². The van der Waals surface area contributed by atoms with Crippen molar-refractivity contribution in [2.45, 2.75) is 44.7 Å². The number of pyridine rings is 1. The topological polar surface area (TPSA) is 72.4 Å². The summed E-state index contributed by atoms with van der Waals surface area (Å²) in [4.78, 5) is 16.9. The normalized spacial score (nSPS) is 25.3. The van der Waals surface area contributed by atoms with Gasteiger partial charge in [-0.1, -0.05) is 24.4 Å². The number of halogens is 1. The molecule has 1 amide bonds. The molecule has 0 bridgehead atoms. The van der Waals surface area contributed by atoms with Crippen molar-refractivity contribution < 1.29 is 4.79 Å². The molecule has 2 unspecified atom stereocenters. The molecule has 0 aliphatic heterocycles. The fourth-order valence-electron chi connectivity index (χ4n) is 3.19. The van der Waals surface area contributed by atoms with Crippen molar-refractivity contribution in [3.05, 3.63) is 35.2 Å². The van der Waals surface area contributed by atoms with Gasteiger partial charge in [-0.25, -0.2) is 4.98 Å². The Morgan fingerprint density at radius 3 is 3.09 bits per heavy atom. The first-order valence-electron chi connectivity index (χ1n) is 7.65. The molecule has 3 N–H and O–H groups in total. The van der Waals surface area contributed by atoms with Crippen LogP contribution < -0.4 is 11.1 Å². The van der Waals surface area contributed by atoms with Crippen LogP contribution in [0.2, 0.25) is 5.02 Å². The molecule has 1 saturated carbocycles. The average Bonchev–Trinajstić information content (AvgIpc) is 2.86. The molecule has 2 heterocycles. The van der Waals surface area contributed by atoms with Crippen LogP contribution in [0.5, 0.6) is 0 Å². The molecule has 2 atom stereocenters. The van der Waals surface area contributed by atoms with Gasteiger partial charge < -0.3 is 15.5 Å². The van der Waals surface area contributed by atoms with Crippen LogP contribution in [0.3, 0.4) is 0 Å². The Hall–Kier alpha value is -1.59. The van der Waals surface area contributed by atoms with E-state index in [2.05, 4.69) is 10.3 Å². The summed E-state index contributed by atoms with van der Waals surface area (Å²) in [7, 11) is 0. The monoisotopic (exact) mass is 320 g/mol. The number of imidazole rings is 1. The van der Waals surface area contributed by atoms with Crippen LogP contribution >= 0.6 is 11.6 Å². The summed E-state index contributed by atoms with van der Waals surface area (Å²) < 4.78 is 1.86. The largest absolute Gasteiger partial charge is 0.350 e. The van der Waals surface area contributed by atoms with E-state index in [9.17, 15) is 4.79 Å². The molecule has 0 saturated heterocycles. The highest BCUT2D eigenvalue weighted by Crippen LogP contribution is 2.31. The number of carbonyl (C=O) groups excluding carboxylic acids is 1. The summed E-state index contributed by atoms with van der Waals surface area (Å²) in [5, 5.41) is 3.63. The van der Waals surface area contributed by atoms with Crippen LogP contribution in [0, 0.1) is 5.92 Å². The lowest BCUT2D eigenvalue weighted by atomic mass is 9.74. The van der Waals surface area contributed by atoms with Gasteiger partial charge >= 0.3 is 0 Å². The Balaban J connectivity index is 1.66. The molecule has 6 heteroatoms. The van der Waals surface area contributed by atoms with E-state index in [1.165, 1.54) is 0 Å². The molecule has 2 aromatic rings. The number of rotatable bonds is 3. The zero-order valence-corrected chi connectivity index (χ0v) is 13.4. The first-order chi connectivity index (χ1) is 10.5. The Labute approximate surface area is 134 Å². The van der Waals surface area contributed by atoms with Crippen molar-refractivity contribution in [2.24, 2.45) is 11.7 Å². The number of carbonyl (C=O) groups is 1. The summed E-state index contributed by atoms with van der Waals surface area (Å²) >= 11 is 5.96. The van der Waals surface area contributed by atoms with Crippen molar-refractivity contribution in [1.82, 2.24) is 14.7 Å². The minimum Gasteiger partial charge on any atom is -0.350 e. The van der Waals surface area contributed by atoms with Crippen LogP contribution in [-0.2, 0) is 11.3 Å².